The fourth-order valence-electron chi connectivity index (χ4n) is 2.00. The van der Waals surface area contributed by atoms with E-state index in [1.54, 1.807) is 19.6 Å². The Morgan fingerprint density at radius 3 is 2.81 bits per heavy atom. The molecule has 0 saturated heterocycles. The van der Waals surface area contributed by atoms with E-state index in [1.807, 2.05) is 35.0 Å². The summed E-state index contributed by atoms with van der Waals surface area (Å²) in [5.41, 5.74) is 2.93. The molecule has 1 fully saturated rings. The van der Waals surface area contributed by atoms with Gasteiger partial charge in [0, 0.05) is 29.4 Å². The van der Waals surface area contributed by atoms with Gasteiger partial charge < -0.3 is 9.40 Å². The zero-order valence-electron chi connectivity index (χ0n) is 12.0. The highest BCUT2D eigenvalue weighted by Gasteiger charge is 2.17. The summed E-state index contributed by atoms with van der Waals surface area (Å²) < 4.78 is 1.96. The van der Waals surface area contributed by atoms with Gasteiger partial charge in [0.05, 0.1) is 12.9 Å². The third-order valence-corrected chi connectivity index (χ3v) is 3.31. The van der Waals surface area contributed by atoms with Gasteiger partial charge in [0.15, 0.2) is 0 Å². The summed E-state index contributed by atoms with van der Waals surface area (Å²) in [6.07, 6.45) is 7.92. The zero-order valence-corrected chi connectivity index (χ0v) is 12.0. The van der Waals surface area contributed by atoms with Crippen molar-refractivity contribution in [3.8, 4) is 11.8 Å². The topological polar surface area (TPSA) is 39.4 Å². The maximum absolute atomic E-state index is 4.95. The second-order valence-electron chi connectivity index (χ2n) is 5.08. The first kappa shape index (κ1) is 13.4. The molecule has 1 aromatic carbocycles. The molecule has 2 aromatic rings. The van der Waals surface area contributed by atoms with Gasteiger partial charge in [-0.05, 0) is 25.0 Å². The molecule has 1 heterocycles. The molecular formula is C17H17N3O. The fraction of sp³-hybridized carbons (Fsp3) is 0.294. The molecule has 1 aliphatic carbocycles. The summed E-state index contributed by atoms with van der Waals surface area (Å²) in [7, 11) is 1.56. The Labute approximate surface area is 124 Å². The second kappa shape index (κ2) is 6.27. The van der Waals surface area contributed by atoms with E-state index in [2.05, 4.69) is 22.0 Å². The molecule has 0 radical (unpaired) electrons. The van der Waals surface area contributed by atoms with Crippen LogP contribution >= 0.6 is 0 Å². The van der Waals surface area contributed by atoms with Crippen LogP contribution < -0.4 is 0 Å². The Morgan fingerprint density at radius 1 is 1.38 bits per heavy atom. The molecule has 1 aliphatic rings. The molecule has 4 nitrogen and oxygen atoms in total. The van der Waals surface area contributed by atoms with E-state index < -0.39 is 0 Å². The molecule has 4 heteroatoms. The van der Waals surface area contributed by atoms with E-state index >= 15 is 0 Å². The Balaban J connectivity index is 1.76. The molecule has 0 N–H and O–H groups in total. The molecule has 0 bridgehead atoms. The number of benzene rings is 1. The minimum atomic E-state index is 0.622. The second-order valence-corrected chi connectivity index (χ2v) is 5.08. The molecule has 1 saturated carbocycles. The molecule has 1 aromatic heterocycles. The first-order valence-corrected chi connectivity index (χ1v) is 7.03. The van der Waals surface area contributed by atoms with Gasteiger partial charge in [-0.2, -0.15) is 0 Å². The Kier molecular flexibility index (Phi) is 4.02. The average Bonchev–Trinajstić information content (AvgIpc) is 3.21. The number of aromatic nitrogens is 2. The summed E-state index contributed by atoms with van der Waals surface area (Å²) in [4.78, 5) is 8.99. The van der Waals surface area contributed by atoms with E-state index in [0.29, 0.717) is 12.5 Å². The van der Waals surface area contributed by atoms with Gasteiger partial charge in [0.1, 0.15) is 12.8 Å². The van der Waals surface area contributed by atoms with Crippen molar-refractivity contribution in [1.29, 1.82) is 0 Å². The van der Waals surface area contributed by atoms with Crippen LogP contribution in [0.4, 0.5) is 0 Å². The smallest absolute Gasteiger partial charge is 0.107 e. The van der Waals surface area contributed by atoms with Gasteiger partial charge in [0.2, 0.25) is 0 Å². The predicted octanol–water partition coefficient (Wildman–Crippen LogP) is 2.70. The predicted molar refractivity (Wildman–Crippen MR) is 81.8 cm³/mol. The van der Waals surface area contributed by atoms with Crippen molar-refractivity contribution in [2.75, 3.05) is 7.11 Å². The number of hydrogen-bond donors (Lipinski definition) is 0. The SMILES string of the molecule is CO/N=C(\Cn1ccnc1)c1ccc(C#CC2CC2)cc1. The standard InChI is InChI=1S/C17H17N3O/c1-21-19-17(12-20-11-10-18-13-20)16-8-6-15(7-9-16)5-4-14-2-3-14/h6-11,13-14H,2-3,12H2,1H3/b19-17+. The van der Waals surface area contributed by atoms with Crippen LogP contribution in [0.5, 0.6) is 0 Å². The summed E-state index contributed by atoms with van der Waals surface area (Å²) in [5.74, 6) is 7.10. The highest BCUT2D eigenvalue weighted by molar-refractivity contribution is 6.00. The Hall–Kier alpha value is -2.54. The third kappa shape index (κ3) is 3.73. The lowest BCUT2D eigenvalue weighted by atomic mass is 10.1. The van der Waals surface area contributed by atoms with Crippen molar-refractivity contribution < 1.29 is 4.84 Å². The summed E-state index contributed by atoms with van der Waals surface area (Å²) in [6, 6.07) is 8.13. The highest BCUT2D eigenvalue weighted by Crippen LogP contribution is 2.27. The molecule has 0 aliphatic heterocycles. The van der Waals surface area contributed by atoms with Gasteiger partial charge in [-0.3, -0.25) is 0 Å². The van der Waals surface area contributed by atoms with E-state index in [-0.39, 0.29) is 0 Å². The molecule has 3 rings (SSSR count). The van der Waals surface area contributed by atoms with Crippen molar-refractivity contribution >= 4 is 5.71 Å². The van der Waals surface area contributed by atoms with E-state index in [1.165, 1.54) is 12.8 Å². The lowest BCUT2D eigenvalue weighted by Crippen LogP contribution is -2.11. The van der Waals surface area contributed by atoms with Gasteiger partial charge >= 0.3 is 0 Å². The number of oxime groups is 1. The van der Waals surface area contributed by atoms with Crippen LogP contribution in [-0.2, 0) is 11.4 Å². The Morgan fingerprint density at radius 2 is 2.19 bits per heavy atom. The van der Waals surface area contributed by atoms with Crippen LogP contribution in [0, 0.1) is 17.8 Å². The van der Waals surface area contributed by atoms with Gasteiger partial charge in [0.25, 0.3) is 0 Å². The summed E-state index contributed by atoms with van der Waals surface area (Å²) in [5, 5.41) is 4.12. The minimum absolute atomic E-state index is 0.622. The van der Waals surface area contributed by atoms with Gasteiger partial charge in [-0.25, -0.2) is 4.98 Å². The maximum atomic E-state index is 4.95. The third-order valence-electron chi connectivity index (χ3n) is 3.31. The number of imidazole rings is 1. The molecule has 21 heavy (non-hydrogen) atoms. The maximum Gasteiger partial charge on any atom is 0.107 e. The normalized spacial score (nSPS) is 14.4. The van der Waals surface area contributed by atoms with Crippen LogP contribution in [0.1, 0.15) is 24.0 Å². The van der Waals surface area contributed by atoms with Crippen LogP contribution in [0.15, 0.2) is 48.1 Å². The largest absolute Gasteiger partial charge is 0.399 e. The lowest BCUT2D eigenvalue weighted by Gasteiger charge is -2.07. The van der Waals surface area contributed by atoms with Crippen molar-refractivity contribution in [3.05, 3.63) is 54.1 Å². The van der Waals surface area contributed by atoms with Gasteiger partial charge in [-0.1, -0.05) is 29.1 Å². The van der Waals surface area contributed by atoms with E-state index in [0.717, 1.165) is 16.8 Å². The van der Waals surface area contributed by atoms with Crippen LogP contribution in [0.3, 0.4) is 0 Å². The Bertz CT molecular complexity index is 671. The van der Waals surface area contributed by atoms with Gasteiger partial charge in [-0.15, -0.1) is 0 Å². The molecule has 0 amide bonds. The number of rotatable bonds is 4. The monoisotopic (exact) mass is 279 g/mol. The minimum Gasteiger partial charge on any atom is -0.399 e. The lowest BCUT2D eigenvalue weighted by molar-refractivity contribution is 0.212. The highest BCUT2D eigenvalue weighted by atomic mass is 16.6. The number of hydrogen-bond acceptors (Lipinski definition) is 3. The first-order chi connectivity index (χ1) is 10.3. The van der Waals surface area contributed by atoms with E-state index in [4.69, 9.17) is 4.84 Å². The fourth-order valence-corrected chi connectivity index (χ4v) is 2.00. The zero-order chi connectivity index (χ0) is 14.5. The molecule has 0 spiro atoms. The molecule has 106 valence electrons. The quantitative estimate of drug-likeness (QED) is 0.490. The van der Waals surface area contributed by atoms with Crippen molar-refractivity contribution in [3.63, 3.8) is 0 Å². The van der Waals surface area contributed by atoms with Crippen LogP contribution in [-0.4, -0.2) is 22.4 Å². The summed E-state index contributed by atoms with van der Waals surface area (Å²) >= 11 is 0. The molecule has 0 atom stereocenters. The molecular weight excluding hydrogens is 262 g/mol. The average molecular weight is 279 g/mol. The summed E-state index contributed by atoms with van der Waals surface area (Å²) in [6.45, 7) is 0.626. The van der Waals surface area contributed by atoms with Crippen molar-refractivity contribution in [2.45, 2.75) is 19.4 Å². The van der Waals surface area contributed by atoms with Crippen molar-refractivity contribution in [1.82, 2.24) is 9.55 Å². The molecule has 0 unspecified atom stereocenters. The van der Waals surface area contributed by atoms with Crippen LogP contribution in [0.25, 0.3) is 0 Å². The van der Waals surface area contributed by atoms with E-state index in [9.17, 15) is 0 Å². The first-order valence-electron chi connectivity index (χ1n) is 7.03. The van der Waals surface area contributed by atoms with Crippen molar-refractivity contribution in [2.24, 2.45) is 11.1 Å². The number of nitrogens with zero attached hydrogens (tertiary/aromatic N) is 3. The van der Waals surface area contributed by atoms with Crippen LogP contribution in [0.2, 0.25) is 0 Å².